The Morgan fingerprint density at radius 2 is 1.94 bits per heavy atom. The second-order valence-corrected chi connectivity index (χ2v) is 9.75. The van der Waals surface area contributed by atoms with E-state index in [1.54, 1.807) is 0 Å². The van der Waals surface area contributed by atoms with Gasteiger partial charge < -0.3 is 5.32 Å². The van der Waals surface area contributed by atoms with Crippen molar-refractivity contribution in [2.24, 2.45) is 0 Å². The van der Waals surface area contributed by atoms with Crippen LogP contribution in [-0.4, -0.2) is 56.1 Å². The van der Waals surface area contributed by atoms with Crippen LogP contribution < -0.4 is 20.9 Å². The molecule has 0 radical (unpaired) electrons. The molecule has 33 heavy (non-hydrogen) atoms. The second kappa shape index (κ2) is 10.0. The Bertz CT molecular complexity index is 1210. The minimum absolute atomic E-state index is 0.354. The number of aromatic nitrogens is 1. The first-order valence-corrected chi connectivity index (χ1v) is 12.4. The number of hydrazine groups is 2. The van der Waals surface area contributed by atoms with E-state index in [2.05, 4.69) is 55.0 Å². The van der Waals surface area contributed by atoms with Gasteiger partial charge in [-0.2, -0.15) is 8.42 Å². The van der Waals surface area contributed by atoms with E-state index in [1.165, 1.54) is 19.5 Å². The van der Waals surface area contributed by atoms with Crippen molar-refractivity contribution >= 4 is 32.4 Å². The van der Waals surface area contributed by atoms with Gasteiger partial charge in [-0.05, 0) is 42.7 Å². The summed E-state index contributed by atoms with van der Waals surface area (Å²) in [4.78, 5) is 6.60. The van der Waals surface area contributed by atoms with Crippen LogP contribution >= 0.6 is 0 Å². The molecule has 176 valence electrons. The third kappa shape index (κ3) is 5.43. The predicted octanol–water partition coefficient (Wildman–Crippen LogP) is 2.46. The van der Waals surface area contributed by atoms with Gasteiger partial charge in [0.15, 0.2) is 0 Å². The number of benzene rings is 2. The number of hydrogen-bond donors (Lipinski definition) is 4. The molecule has 2 aromatic carbocycles. The number of hydrogen-bond acceptors (Lipinski definition) is 7. The van der Waals surface area contributed by atoms with Gasteiger partial charge in [-0.25, -0.2) is 10.9 Å². The van der Waals surface area contributed by atoms with Crippen LogP contribution in [0.5, 0.6) is 0 Å². The fourth-order valence-electron chi connectivity index (χ4n) is 4.23. The molecule has 1 fully saturated rings. The molecule has 1 aromatic heterocycles. The highest BCUT2D eigenvalue weighted by Crippen LogP contribution is 2.26. The smallest absolute Gasteiger partial charge is 0.328 e. The fraction of sp³-hybridized carbons (Fsp3) is 0.348. The van der Waals surface area contributed by atoms with Crippen molar-refractivity contribution in [2.45, 2.75) is 25.9 Å². The zero-order valence-corrected chi connectivity index (χ0v) is 20.0. The fourth-order valence-corrected chi connectivity index (χ4v) is 5.30. The molecule has 2 heterocycles. The highest BCUT2D eigenvalue weighted by atomic mass is 32.2. The van der Waals surface area contributed by atoms with Crippen molar-refractivity contribution < 1.29 is 8.42 Å². The van der Waals surface area contributed by atoms with E-state index in [4.69, 9.17) is 0 Å². The van der Waals surface area contributed by atoms with Crippen LogP contribution in [0.2, 0.25) is 0 Å². The van der Waals surface area contributed by atoms with Crippen molar-refractivity contribution in [2.75, 3.05) is 37.2 Å². The Hall–Kier alpha value is -2.76. The summed E-state index contributed by atoms with van der Waals surface area (Å²) in [5.74, 6) is 0. The number of nitrogens with one attached hydrogen (secondary N) is 4. The van der Waals surface area contributed by atoms with E-state index in [-0.39, 0.29) is 0 Å². The molecule has 4 rings (SSSR count). The number of anilines is 2. The maximum absolute atomic E-state index is 12.5. The van der Waals surface area contributed by atoms with Gasteiger partial charge in [0.05, 0.1) is 5.69 Å². The molecule has 0 unspecified atom stereocenters. The Kier molecular flexibility index (Phi) is 7.11. The van der Waals surface area contributed by atoms with Gasteiger partial charge in [0.25, 0.3) is 0 Å². The molecule has 1 atom stereocenters. The third-order valence-electron chi connectivity index (χ3n) is 5.91. The molecule has 0 saturated carbocycles. The topological polar surface area (TPSA) is 102 Å². The lowest BCUT2D eigenvalue weighted by atomic mass is 10.1. The number of fused-ring (bicyclic) bond motifs is 1. The van der Waals surface area contributed by atoms with Crippen LogP contribution in [0.25, 0.3) is 10.8 Å². The molecule has 0 spiro atoms. The highest BCUT2D eigenvalue weighted by Gasteiger charge is 2.24. The van der Waals surface area contributed by atoms with Crippen molar-refractivity contribution in [3.8, 4) is 0 Å². The summed E-state index contributed by atoms with van der Waals surface area (Å²) in [5, 5.41) is 6.00. The number of nitrogens with zero attached hydrogens (tertiary/aromatic N) is 3. The molecular weight excluding hydrogens is 438 g/mol. The first-order valence-electron chi connectivity index (χ1n) is 11.0. The van der Waals surface area contributed by atoms with Crippen LogP contribution in [0, 0.1) is 6.92 Å². The van der Waals surface area contributed by atoms with Crippen molar-refractivity contribution in [1.29, 1.82) is 0 Å². The largest absolute Gasteiger partial charge is 0.380 e. The molecule has 10 heteroatoms. The van der Waals surface area contributed by atoms with Crippen LogP contribution in [0.3, 0.4) is 0 Å². The summed E-state index contributed by atoms with van der Waals surface area (Å²) in [6.07, 6.45) is 4.76. The number of aryl methyl sites for hydroxylation is 1. The molecule has 0 aliphatic carbocycles. The lowest BCUT2D eigenvalue weighted by Gasteiger charge is -2.22. The number of pyridine rings is 1. The molecule has 0 amide bonds. The Balaban J connectivity index is 1.41. The van der Waals surface area contributed by atoms with Gasteiger partial charge in [-0.1, -0.05) is 28.8 Å². The van der Waals surface area contributed by atoms with E-state index in [1.807, 2.05) is 37.5 Å². The minimum Gasteiger partial charge on any atom is -0.380 e. The summed E-state index contributed by atoms with van der Waals surface area (Å²) in [5.41, 5.74) is 8.82. The summed E-state index contributed by atoms with van der Waals surface area (Å²) in [7, 11) is -0.703. The Morgan fingerprint density at radius 1 is 1.12 bits per heavy atom. The first-order chi connectivity index (χ1) is 15.9. The van der Waals surface area contributed by atoms with E-state index in [0.717, 1.165) is 52.8 Å². The average molecular weight is 470 g/mol. The Morgan fingerprint density at radius 3 is 2.73 bits per heavy atom. The Labute approximate surface area is 195 Å². The molecule has 3 aromatic rings. The van der Waals surface area contributed by atoms with Crippen molar-refractivity contribution in [3.05, 3.63) is 66.0 Å². The quantitative estimate of drug-likeness (QED) is 0.357. The predicted molar refractivity (Wildman–Crippen MR) is 133 cm³/mol. The van der Waals surface area contributed by atoms with E-state index < -0.39 is 10.2 Å². The maximum atomic E-state index is 12.5. The lowest BCUT2D eigenvalue weighted by Crippen LogP contribution is -2.50. The van der Waals surface area contributed by atoms with Crippen LogP contribution in [0.4, 0.5) is 11.4 Å². The van der Waals surface area contributed by atoms with Gasteiger partial charge in [-0.15, -0.1) is 0 Å². The SMILES string of the molecule is CNN(NC)S(=O)(=O)Nc1cc(CN2CC[C@@H](Nc3cccc4cnccc34)C2)ccc1C. The molecular formula is C23H31N7O2S. The lowest BCUT2D eigenvalue weighted by molar-refractivity contribution is 0.281. The van der Waals surface area contributed by atoms with Gasteiger partial charge in [0.2, 0.25) is 0 Å². The molecule has 9 nitrogen and oxygen atoms in total. The second-order valence-electron chi connectivity index (χ2n) is 8.24. The number of likely N-dealkylation sites (tertiary alicyclic amines) is 1. The normalized spacial score (nSPS) is 17.0. The van der Waals surface area contributed by atoms with Crippen molar-refractivity contribution in [3.63, 3.8) is 0 Å². The molecule has 1 aliphatic heterocycles. The van der Waals surface area contributed by atoms with Crippen LogP contribution in [-0.2, 0) is 16.8 Å². The van der Waals surface area contributed by atoms with E-state index in [9.17, 15) is 8.42 Å². The monoisotopic (exact) mass is 469 g/mol. The highest BCUT2D eigenvalue weighted by molar-refractivity contribution is 7.90. The standard InChI is InChI=1S/C23H31N7O2S/c1-17-7-8-18(13-23(17)28-33(31,32)30(24-2)25-3)15-29-12-10-20(16-29)27-22-6-4-5-19-14-26-11-9-21(19)22/h4-9,11,13-14,20,24-25,27-28H,10,12,15-16H2,1-3H3/t20-/m1/s1. The first kappa shape index (κ1) is 23.4. The molecule has 4 N–H and O–H groups in total. The zero-order valence-electron chi connectivity index (χ0n) is 19.2. The molecule has 1 aliphatic rings. The van der Waals surface area contributed by atoms with Gasteiger partial charge in [-0.3, -0.25) is 14.6 Å². The van der Waals surface area contributed by atoms with Gasteiger partial charge in [0, 0.05) is 68.6 Å². The van der Waals surface area contributed by atoms with E-state index >= 15 is 0 Å². The average Bonchev–Trinajstić information content (AvgIpc) is 3.23. The summed E-state index contributed by atoms with van der Waals surface area (Å²) in [6.45, 7) is 4.55. The van der Waals surface area contributed by atoms with Crippen molar-refractivity contribution in [1.82, 2.24) is 25.3 Å². The maximum Gasteiger partial charge on any atom is 0.328 e. The molecule has 0 bridgehead atoms. The van der Waals surface area contributed by atoms with Crippen LogP contribution in [0.1, 0.15) is 17.5 Å². The summed E-state index contributed by atoms with van der Waals surface area (Å²) < 4.78 is 28.7. The summed E-state index contributed by atoms with van der Waals surface area (Å²) in [6, 6.07) is 14.6. The van der Waals surface area contributed by atoms with Crippen LogP contribution in [0.15, 0.2) is 54.9 Å². The minimum atomic E-state index is -3.77. The third-order valence-corrected chi connectivity index (χ3v) is 7.23. The number of rotatable bonds is 9. The van der Waals surface area contributed by atoms with Gasteiger partial charge >= 0.3 is 10.2 Å². The summed E-state index contributed by atoms with van der Waals surface area (Å²) >= 11 is 0. The zero-order chi connectivity index (χ0) is 23.4. The van der Waals surface area contributed by atoms with Gasteiger partial charge in [0.1, 0.15) is 0 Å². The molecule has 1 saturated heterocycles. The van der Waals surface area contributed by atoms with E-state index in [0.29, 0.717) is 11.7 Å².